The van der Waals surface area contributed by atoms with Crippen molar-refractivity contribution in [3.05, 3.63) is 41.1 Å². The molecule has 0 heterocycles. The van der Waals surface area contributed by atoms with Gasteiger partial charge in [-0.25, -0.2) is 4.74 Å². The molecule has 3 nitrogen and oxygen atoms in total. The van der Waals surface area contributed by atoms with Crippen molar-refractivity contribution >= 4 is 12.0 Å². The SMILES string of the molecule is CC(=O)C(C)C[N+]([O-])=Cc1ccccc1. The molecule has 1 atom stereocenters. The van der Waals surface area contributed by atoms with Crippen LogP contribution in [-0.4, -0.2) is 23.3 Å². The summed E-state index contributed by atoms with van der Waals surface area (Å²) in [5.74, 6) is -0.181. The Hall–Kier alpha value is -1.64. The van der Waals surface area contributed by atoms with Crippen LogP contribution in [0, 0.1) is 11.1 Å². The molecule has 1 aromatic rings. The first-order chi connectivity index (χ1) is 7.09. The average Bonchev–Trinajstić information content (AvgIpc) is 2.18. The van der Waals surface area contributed by atoms with Crippen LogP contribution < -0.4 is 0 Å². The average molecular weight is 205 g/mol. The highest BCUT2D eigenvalue weighted by atomic mass is 16.5. The van der Waals surface area contributed by atoms with E-state index in [4.69, 9.17) is 0 Å². The number of ketones is 1. The highest BCUT2D eigenvalue weighted by Crippen LogP contribution is 1.98. The second-order valence-corrected chi connectivity index (χ2v) is 3.65. The fourth-order valence-corrected chi connectivity index (χ4v) is 1.16. The van der Waals surface area contributed by atoms with Crippen LogP contribution in [-0.2, 0) is 4.79 Å². The Morgan fingerprint density at radius 3 is 2.60 bits per heavy atom. The summed E-state index contributed by atoms with van der Waals surface area (Å²) in [5.41, 5.74) is 0.850. The third kappa shape index (κ3) is 3.94. The third-order valence-electron chi connectivity index (χ3n) is 2.24. The van der Waals surface area contributed by atoms with Crippen LogP contribution in [0.15, 0.2) is 30.3 Å². The third-order valence-corrected chi connectivity index (χ3v) is 2.24. The second kappa shape index (κ2) is 5.29. The van der Waals surface area contributed by atoms with Gasteiger partial charge in [0.15, 0.2) is 12.8 Å². The molecular weight excluding hydrogens is 190 g/mol. The van der Waals surface area contributed by atoms with E-state index in [9.17, 15) is 10.0 Å². The van der Waals surface area contributed by atoms with Gasteiger partial charge in [-0.2, -0.15) is 0 Å². The van der Waals surface area contributed by atoms with Crippen molar-refractivity contribution in [2.45, 2.75) is 13.8 Å². The van der Waals surface area contributed by atoms with Crippen molar-refractivity contribution in [3.8, 4) is 0 Å². The molecular formula is C12H15NO2. The zero-order valence-corrected chi connectivity index (χ0v) is 9.01. The standard InChI is InChI=1S/C12H15NO2/c1-10(11(2)14)8-13(15)9-12-6-4-3-5-7-12/h3-7,9-10H,8H2,1-2H3. The highest BCUT2D eigenvalue weighted by molar-refractivity contribution is 5.78. The van der Waals surface area contributed by atoms with E-state index in [0.717, 1.165) is 10.3 Å². The van der Waals surface area contributed by atoms with E-state index in [1.54, 1.807) is 6.92 Å². The Balaban J connectivity index is 2.65. The van der Waals surface area contributed by atoms with Gasteiger partial charge in [-0.1, -0.05) is 18.2 Å². The topological polar surface area (TPSA) is 43.1 Å². The van der Waals surface area contributed by atoms with Crippen molar-refractivity contribution in [1.82, 2.24) is 0 Å². The van der Waals surface area contributed by atoms with E-state index in [-0.39, 0.29) is 18.2 Å². The molecule has 0 aliphatic heterocycles. The van der Waals surface area contributed by atoms with E-state index >= 15 is 0 Å². The second-order valence-electron chi connectivity index (χ2n) is 3.65. The van der Waals surface area contributed by atoms with Gasteiger partial charge < -0.3 is 5.21 Å². The van der Waals surface area contributed by atoms with Gasteiger partial charge in [0, 0.05) is 5.56 Å². The number of rotatable bonds is 4. The molecule has 1 rings (SSSR count). The van der Waals surface area contributed by atoms with Crippen molar-refractivity contribution in [2.75, 3.05) is 6.54 Å². The normalized spacial score (nSPS) is 13.6. The zero-order valence-electron chi connectivity index (χ0n) is 9.01. The van der Waals surface area contributed by atoms with Gasteiger partial charge >= 0.3 is 0 Å². The number of hydrogen-bond donors (Lipinski definition) is 0. The van der Waals surface area contributed by atoms with E-state index in [2.05, 4.69) is 0 Å². The summed E-state index contributed by atoms with van der Waals surface area (Å²) < 4.78 is 0.807. The molecule has 1 aromatic carbocycles. The molecule has 0 saturated heterocycles. The van der Waals surface area contributed by atoms with Crippen molar-refractivity contribution in [3.63, 3.8) is 0 Å². The summed E-state index contributed by atoms with van der Waals surface area (Å²) in [5, 5.41) is 11.4. The first-order valence-electron chi connectivity index (χ1n) is 4.93. The summed E-state index contributed by atoms with van der Waals surface area (Å²) in [6.07, 6.45) is 1.50. The molecule has 1 unspecified atom stereocenters. The Labute approximate surface area is 89.6 Å². The van der Waals surface area contributed by atoms with Gasteiger partial charge in [0.05, 0.1) is 5.92 Å². The van der Waals surface area contributed by atoms with Crippen LogP contribution in [0.25, 0.3) is 0 Å². The number of hydrogen-bond acceptors (Lipinski definition) is 2. The summed E-state index contributed by atoms with van der Waals surface area (Å²) in [6.45, 7) is 3.47. The molecule has 0 fully saturated rings. The van der Waals surface area contributed by atoms with Crippen LogP contribution in [0.2, 0.25) is 0 Å². The lowest BCUT2D eigenvalue weighted by Crippen LogP contribution is -2.20. The van der Waals surface area contributed by atoms with Gasteiger partial charge in [-0.15, -0.1) is 0 Å². The Morgan fingerprint density at radius 2 is 2.07 bits per heavy atom. The minimum atomic E-state index is -0.220. The van der Waals surface area contributed by atoms with E-state index in [1.807, 2.05) is 30.3 Å². The maximum absolute atomic E-state index is 11.4. The zero-order chi connectivity index (χ0) is 11.3. The molecule has 0 spiro atoms. The molecule has 0 aliphatic carbocycles. The fraction of sp³-hybridized carbons (Fsp3) is 0.333. The number of hydroxylamine groups is 1. The summed E-state index contributed by atoms with van der Waals surface area (Å²) >= 11 is 0. The molecule has 0 aliphatic rings. The first kappa shape index (κ1) is 11.4. The van der Waals surface area contributed by atoms with E-state index < -0.39 is 0 Å². The van der Waals surface area contributed by atoms with Crippen LogP contribution in [0.4, 0.5) is 0 Å². The largest absolute Gasteiger partial charge is 0.624 e. The summed E-state index contributed by atoms with van der Waals surface area (Å²) in [6, 6.07) is 9.33. The van der Waals surface area contributed by atoms with Crippen LogP contribution >= 0.6 is 0 Å². The predicted molar refractivity (Wildman–Crippen MR) is 59.9 cm³/mol. The quantitative estimate of drug-likeness (QED) is 0.326. The summed E-state index contributed by atoms with van der Waals surface area (Å²) in [7, 11) is 0. The molecule has 0 amide bonds. The van der Waals surface area contributed by atoms with Gasteiger partial charge in [0.2, 0.25) is 0 Å². The van der Waals surface area contributed by atoms with E-state index in [0.29, 0.717) is 0 Å². The van der Waals surface area contributed by atoms with Gasteiger partial charge in [-0.05, 0) is 26.0 Å². The monoisotopic (exact) mass is 205 g/mol. The van der Waals surface area contributed by atoms with Crippen LogP contribution in [0.1, 0.15) is 19.4 Å². The maximum Gasteiger partial charge on any atom is 0.181 e. The van der Waals surface area contributed by atoms with Crippen molar-refractivity contribution < 1.29 is 9.53 Å². The molecule has 3 heteroatoms. The lowest BCUT2D eigenvalue weighted by atomic mass is 10.1. The maximum atomic E-state index is 11.4. The Bertz CT molecular complexity index is 357. The number of carbonyl (C=O) groups excluding carboxylic acids is 1. The molecule has 0 N–H and O–H groups in total. The number of carbonyl (C=O) groups is 1. The Kier molecular flexibility index (Phi) is 4.03. The van der Waals surface area contributed by atoms with E-state index in [1.165, 1.54) is 13.1 Å². The fourth-order valence-electron chi connectivity index (χ4n) is 1.16. The molecule has 0 radical (unpaired) electrons. The number of benzene rings is 1. The van der Waals surface area contributed by atoms with Gasteiger partial charge in [0.25, 0.3) is 0 Å². The first-order valence-corrected chi connectivity index (χ1v) is 4.93. The highest BCUT2D eigenvalue weighted by Gasteiger charge is 2.11. The van der Waals surface area contributed by atoms with Gasteiger partial charge in [0.1, 0.15) is 5.78 Å². The van der Waals surface area contributed by atoms with Crippen LogP contribution in [0.3, 0.4) is 0 Å². The van der Waals surface area contributed by atoms with Crippen molar-refractivity contribution in [2.24, 2.45) is 5.92 Å². The summed E-state index contributed by atoms with van der Waals surface area (Å²) in [4.78, 5) is 11.0. The smallest absolute Gasteiger partial charge is 0.181 e. The number of Topliss-reactive ketones (excluding diaryl/α,β-unsaturated/α-hetero) is 1. The molecule has 15 heavy (non-hydrogen) atoms. The molecule has 0 bridgehead atoms. The molecule has 0 saturated carbocycles. The van der Waals surface area contributed by atoms with Crippen molar-refractivity contribution in [1.29, 1.82) is 0 Å². The minimum absolute atomic E-state index is 0.0392. The molecule has 80 valence electrons. The predicted octanol–water partition coefficient (Wildman–Crippen LogP) is 1.84. The van der Waals surface area contributed by atoms with Crippen LogP contribution in [0.5, 0.6) is 0 Å². The number of nitrogens with zero attached hydrogens (tertiary/aromatic N) is 1. The minimum Gasteiger partial charge on any atom is -0.624 e. The molecule has 0 aromatic heterocycles. The Morgan fingerprint density at radius 1 is 1.47 bits per heavy atom. The lowest BCUT2D eigenvalue weighted by molar-refractivity contribution is -0.457. The lowest BCUT2D eigenvalue weighted by Gasteiger charge is -2.07. The van der Waals surface area contributed by atoms with Gasteiger partial charge in [-0.3, -0.25) is 4.79 Å².